The van der Waals surface area contributed by atoms with Gasteiger partial charge in [-0.25, -0.2) is 0 Å². The predicted molar refractivity (Wildman–Crippen MR) is 91.0 cm³/mol. The zero-order valence-corrected chi connectivity index (χ0v) is 14.5. The van der Waals surface area contributed by atoms with Crippen LogP contribution in [0.4, 0.5) is 0 Å². The van der Waals surface area contributed by atoms with E-state index in [0.717, 1.165) is 67.8 Å². The fourth-order valence-electron chi connectivity index (χ4n) is 4.15. The second kappa shape index (κ2) is 6.07. The maximum Gasteiger partial charge on any atom is 0.274 e. The van der Waals surface area contributed by atoms with Crippen molar-refractivity contribution in [2.24, 2.45) is 0 Å². The van der Waals surface area contributed by atoms with Crippen LogP contribution in [0.3, 0.4) is 0 Å². The van der Waals surface area contributed by atoms with Gasteiger partial charge in [-0.15, -0.1) is 0 Å². The number of aromatic nitrogens is 4. The Morgan fingerprint density at radius 3 is 2.96 bits per heavy atom. The zero-order valence-electron chi connectivity index (χ0n) is 14.5. The van der Waals surface area contributed by atoms with E-state index in [1.807, 2.05) is 16.5 Å². The van der Waals surface area contributed by atoms with Crippen molar-refractivity contribution in [3.8, 4) is 0 Å². The van der Waals surface area contributed by atoms with E-state index in [4.69, 9.17) is 0 Å². The molecule has 6 nitrogen and oxygen atoms in total. The van der Waals surface area contributed by atoms with Crippen molar-refractivity contribution in [3.05, 3.63) is 34.4 Å². The van der Waals surface area contributed by atoms with Crippen LogP contribution in [-0.4, -0.2) is 43.4 Å². The van der Waals surface area contributed by atoms with Crippen LogP contribution in [0, 0.1) is 13.8 Å². The third-order valence-electron chi connectivity index (χ3n) is 5.38. The van der Waals surface area contributed by atoms with Gasteiger partial charge in [-0.1, -0.05) is 0 Å². The molecule has 1 aliphatic heterocycles. The predicted octanol–water partition coefficient (Wildman–Crippen LogP) is 2.41. The molecule has 2 aliphatic rings. The monoisotopic (exact) mass is 327 g/mol. The van der Waals surface area contributed by atoms with E-state index in [1.54, 1.807) is 0 Å². The number of amides is 1. The molecule has 1 saturated heterocycles. The first kappa shape index (κ1) is 15.4. The van der Waals surface area contributed by atoms with E-state index in [0.29, 0.717) is 5.69 Å². The van der Waals surface area contributed by atoms with E-state index < -0.39 is 0 Å². The molecule has 1 N–H and O–H groups in total. The van der Waals surface area contributed by atoms with E-state index in [-0.39, 0.29) is 11.9 Å². The first-order valence-corrected chi connectivity index (χ1v) is 9.01. The Labute approximate surface area is 142 Å². The van der Waals surface area contributed by atoms with Crippen molar-refractivity contribution >= 4 is 5.91 Å². The molecule has 2 aromatic heterocycles. The molecule has 1 amide bonds. The zero-order chi connectivity index (χ0) is 16.7. The molecule has 1 fully saturated rings. The lowest BCUT2D eigenvalue weighted by Crippen LogP contribution is -2.46. The van der Waals surface area contributed by atoms with Crippen LogP contribution in [0.1, 0.15) is 58.8 Å². The molecule has 0 unspecified atom stereocenters. The highest BCUT2D eigenvalue weighted by molar-refractivity contribution is 5.94. The third-order valence-corrected chi connectivity index (χ3v) is 5.38. The Kier molecular flexibility index (Phi) is 3.90. The number of fused-ring (bicyclic) bond motifs is 1. The Hall–Kier alpha value is -2.11. The summed E-state index contributed by atoms with van der Waals surface area (Å²) in [6.45, 7) is 5.69. The Balaban J connectivity index is 1.57. The molecule has 3 heterocycles. The summed E-state index contributed by atoms with van der Waals surface area (Å²) in [6, 6.07) is 2.30. The van der Waals surface area contributed by atoms with Gasteiger partial charge in [0.05, 0.1) is 18.3 Å². The van der Waals surface area contributed by atoms with Crippen molar-refractivity contribution in [1.29, 1.82) is 0 Å². The number of likely N-dealkylation sites (tertiary alicyclic amines) is 1. The van der Waals surface area contributed by atoms with E-state index in [9.17, 15) is 4.79 Å². The fourth-order valence-corrected chi connectivity index (χ4v) is 4.15. The number of nitrogens with one attached hydrogen (secondary N) is 1. The average Bonchev–Trinajstić information content (AvgIpc) is 3.24. The largest absolute Gasteiger partial charge is 0.332 e. The summed E-state index contributed by atoms with van der Waals surface area (Å²) >= 11 is 0. The van der Waals surface area contributed by atoms with Gasteiger partial charge in [0.15, 0.2) is 5.69 Å². The summed E-state index contributed by atoms with van der Waals surface area (Å²) in [7, 11) is 0. The van der Waals surface area contributed by atoms with Crippen LogP contribution in [0.5, 0.6) is 0 Å². The van der Waals surface area contributed by atoms with Gasteiger partial charge in [0.1, 0.15) is 0 Å². The number of piperidine rings is 1. The summed E-state index contributed by atoms with van der Waals surface area (Å²) in [4.78, 5) is 15.2. The molecule has 0 radical (unpaired) electrons. The molecule has 0 saturated carbocycles. The first-order valence-electron chi connectivity index (χ1n) is 9.01. The van der Waals surface area contributed by atoms with Crippen LogP contribution < -0.4 is 0 Å². The third kappa shape index (κ3) is 2.64. The van der Waals surface area contributed by atoms with Gasteiger partial charge in [0, 0.05) is 23.5 Å². The lowest BCUT2D eigenvalue weighted by atomic mass is 10.0. The molecule has 0 spiro atoms. The van der Waals surface area contributed by atoms with Crippen molar-refractivity contribution in [3.63, 3.8) is 0 Å². The normalized spacial score (nSPS) is 20.4. The van der Waals surface area contributed by atoms with Crippen LogP contribution >= 0.6 is 0 Å². The minimum absolute atomic E-state index is 0.0978. The number of hydrogen-bond donors (Lipinski definition) is 1. The second-order valence-electron chi connectivity index (χ2n) is 7.14. The van der Waals surface area contributed by atoms with Crippen molar-refractivity contribution in [2.75, 3.05) is 6.54 Å². The Morgan fingerprint density at radius 1 is 1.29 bits per heavy atom. The molecular formula is C18H25N5O. The van der Waals surface area contributed by atoms with Crippen molar-refractivity contribution in [2.45, 2.75) is 65.0 Å². The minimum atomic E-state index is 0.0978. The molecule has 4 rings (SSSR count). The van der Waals surface area contributed by atoms with E-state index in [1.165, 1.54) is 6.42 Å². The smallest absolute Gasteiger partial charge is 0.274 e. The summed E-state index contributed by atoms with van der Waals surface area (Å²) < 4.78 is 2.04. The summed E-state index contributed by atoms with van der Waals surface area (Å²) in [5, 5.41) is 12.0. The topological polar surface area (TPSA) is 66.8 Å². The maximum absolute atomic E-state index is 13.1. The van der Waals surface area contributed by atoms with Gasteiger partial charge < -0.3 is 4.90 Å². The van der Waals surface area contributed by atoms with Gasteiger partial charge in [-0.2, -0.15) is 10.2 Å². The number of carbonyl (C=O) groups is 1. The highest BCUT2D eigenvalue weighted by Gasteiger charge is 2.32. The molecule has 0 aromatic carbocycles. The lowest BCUT2D eigenvalue weighted by Gasteiger charge is -2.35. The molecule has 24 heavy (non-hydrogen) atoms. The molecule has 0 bridgehead atoms. The van der Waals surface area contributed by atoms with Gasteiger partial charge in [0.2, 0.25) is 0 Å². The molecule has 2 aromatic rings. The van der Waals surface area contributed by atoms with Gasteiger partial charge in [-0.3, -0.25) is 14.6 Å². The summed E-state index contributed by atoms with van der Waals surface area (Å²) in [5.41, 5.74) is 5.15. The molecule has 128 valence electrons. The number of hydrogen-bond acceptors (Lipinski definition) is 3. The number of nitrogens with zero attached hydrogens (tertiary/aromatic N) is 4. The van der Waals surface area contributed by atoms with Gasteiger partial charge in [-0.05, 0) is 58.4 Å². The number of H-pyrrole nitrogens is 1. The SMILES string of the molecule is Cc1cc(C)n(C[C@H]2CCCCN2C(=O)c2n[nH]c3c2CCC3)n1. The van der Waals surface area contributed by atoms with Crippen molar-refractivity contribution < 1.29 is 4.79 Å². The lowest BCUT2D eigenvalue weighted by molar-refractivity contribution is 0.0575. The molecule has 1 atom stereocenters. The number of rotatable bonds is 3. The highest BCUT2D eigenvalue weighted by Crippen LogP contribution is 2.27. The van der Waals surface area contributed by atoms with Gasteiger partial charge >= 0.3 is 0 Å². The Bertz CT molecular complexity index is 760. The van der Waals surface area contributed by atoms with Crippen molar-refractivity contribution in [1.82, 2.24) is 24.9 Å². The molecular weight excluding hydrogens is 302 g/mol. The fraction of sp³-hybridized carbons (Fsp3) is 0.611. The minimum Gasteiger partial charge on any atom is -0.332 e. The van der Waals surface area contributed by atoms with Crippen LogP contribution in [0.15, 0.2) is 6.07 Å². The van der Waals surface area contributed by atoms with Crippen LogP contribution in [-0.2, 0) is 19.4 Å². The summed E-state index contributed by atoms with van der Waals surface area (Å²) in [5.74, 6) is 0.0978. The number of carbonyl (C=O) groups excluding carboxylic acids is 1. The molecule has 1 aliphatic carbocycles. The average molecular weight is 327 g/mol. The van der Waals surface area contributed by atoms with Crippen LogP contribution in [0.25, 0.3) is 0 Å². The second-order valence-corrected chi connectivity index (χ2v) is 7.14. The number of aryl methyl sites for hydroxylation is 3. The van der Waals surface area contributed by atoms with E-state index >= 15 is 0 Å². The standard InChI is InChI=1S/C18H25N5O/c1-12-10-13(2)23(21-12)11-14-6-3-4-9-22(14)18(24)17-15-7-5-8-16(15)19-20-17/h10,14H,3-9,11H2,1-2H3,(H,19,20)/t14-/m1/s1. The van der Waals surface area contributed by atoms with Gasteiger partial charge in [0.25, 0.3) is 5.91 Å². The quantitative estimate of drug-likeness (QED) is 0.941. The maximum atomic E-state index is 13.1. The van der Waals surface area contributed by atoms with E-state index in [2.05, 4.69) is 28.3 Å². The summed E-state index contributed by atoms with van der Waals surface area (Å²) in [6.07, 6.45) is 6.40. The number of aromatic amines is 1. The van der Waals surface area contributed by atoms with Crippen LogP contribution in [0.2, 0.25) is 0 Å². The molecule has 6 heteroatoms. The first-order chi connectivity index (χ1) is 11.6. The highest BCUT2D eigenvalue weighted by atomic mass is 16.2. The Morgan fingerprint density at radius 2 is 2.17 bits per heavy atom.